The van der Waals surface area contributed by atoms with Crippen LogP contribution in [0.5, 0.6) is 11.5 Å². The normalized spacial score (nSPS) is 10.2. The molecule has 0 fully saturated rings. The number of amides is 1. The molecule has 0 aliphatic carbocycles. The van der Waals surface area contributed by atoms with Gasteiger partial charge in [-0.05, 0) is 24.7 Å². The Morgan fingerprint density at radius 1 is 1.35 bits per heavy atom. The van der Waals surface area contributed by atoms with Crippen LogP contribution in [0.3, 0.4) is 0 Å². The minimum atomic E-state index is 0.0618. The Kier molecular flexibility index (Phi) is 6.87. The first-order chi connectivity index (χ1) is 9.58. The fraction of sp³-hybridized carbons (Fsp3) is 0.533. The molecule has 0 atom stereocenters. The SMILES string of the molecule is CCNCc1cc(OC)ccc1OCCC(=O)N(C)C. The third-order valence-electron chi connectivity index (χ3n) is 2.91. The molecule has 0 unspecified atom stereocenters. The van der Waals surface area contributed by atoms with Gasteiger partial charge in [0.1, 0.15) is 11.5 Å². The highest BCUT2D eigenvalue weighted by Crippen LogP contribution is 2.24. The molecule has 5 nitrogen and oxygen atoms in total. The second-order valence-electron chi connectivity index (χ2n) is 4.64. The van der Waals surface area contributed by atoms with Gasteiger partial charge >= 0.3 is 0 Å². The maximum Gasteiger partial charge on any atom is 0.225 e. The van der Waals surface area contributed by atoms with E-state index in [1.54, 1.807) is 26.1 Å². The predicted octanol–water partition coefficient (Wildman–Crippen LogP) is 1.66. The van der Waals surface area contributed by atoms with E-state index in [1.165, 1.54) is 0 Å². The quantitative estimate of drug-likeness (QED) is 0.787. The van der Waals surface area contributed by atoms with E-state index in [2.05, 4.69) is 12.2 Å². The molecule has 20 heavy (non-hydrogen) atoms. The standard InChI is InChI=1S/C15H24N2O3/c1-5-16-11-12-10-13(19-4)6-7-14(12)20-9-8-15(18)17(2)3/h6-7,10,16H,5,8-9,11H2,1-4H3. The molecule has 0 bridgehead atoms. The molecular formula is C15H24N2O3. The average Bonchev–Trinajstić information content (AvgIpc) is 2.45. The number of nitrogens with zero attached hydrogens (tertiary/aromatic N) is 1. The van der Waals surface area contributed by atoms with Crippen molar-refractivity contribution in [2.45, 2.75) is 19.9 Å². The van der Waals surface area contributed by atoms with Crippen LogP contribution in [0.4, 0.5) is 0 Å². The Bertz CT molecular complexity index is 433. The van der Waals surface area contributed by atoms with Crippen molar-refractivity contribution in [3.63, 3.8) is 0 Å². The fourth-order valence-corrected chi connectivity index (χ4v) is 1.69. The largest absolute Gasteiger partial charge is 0.497 e. The molecule has 1 aromatic carbocycles. The van der Waals surface area contributed by atoms with Gasteiger partial charge in [0, 0.05) is 26.2 Å². The Labute approximate surface area is 120 Å². The van der Waals surface area contributed by atoms with Crippen molar-refractivity contribution in [2.75, 3.05) is 34.4 Å². The van der Waals surface area contributed by atoms with Crippen LogP contribution in [0.15, 0.2) is 18.2 Å². The number of hydrogen-bond acceptors (Lipinski definition) is 4. The molecule has 1 N–H and O–H groups in total. The Morgan fingerprint density at radius 3 is 2.70 bits per heavy atom. The maximum absolute atomic E-state index is 11.5. The zero-order valence-electron chi connectivity index (χ0n) is 12.7. The van der Waals surface area contributed by atoms with Gasteiger partial charge in [-0.2, -0.15) is 0 Å². The fourth-order valence-electron chi connectivity index (χ4n) is 1.69. The van der Waals surface area contributed by atoms with Crippen LogP contribution in [-0.4, -0.2) is 45.2 Å². The molecule has 0 radical (unpaired) electrons. The zero-order chi connectivity index (χ0) is 15.0. The second kappa shape index (κ2) is 8.43. The van der Waals surface area contributed by atoms with Crippen molar-refractivity contribution in [2.24, 2.45) is 0 Å². The summed E-state index contributed by atoms with van der Waals surface area (Å²) in [7, 11) is 5.13. The number of hydrogen-bond donors (Lipinski definition) is 1. The van der Waals surface area contributed by atoms with E-state index in [-0.39, 0.29) is 5.91 Å². The second-order valence-corrected chi connectivity index (χ2v) is 4.64. The number of ether oxygens (including phenoxy) is 2. The lowest BCUT2D eigenvalue weighted by Gasteiger charge is -2.14. The predicted molar refractivity (Wildman–Crippen MR) is 79.2 cm³/mol. The molecule has 0 aliphatic heterocycles. The molecule has 1 rings (SSSR count). The van der Waals surface area contributed by atoms with E-state index in [0.29, 0.717) is 19.6 Å². The zero-order valence-corrected chi connectivity index (χ0v) is 12.7. The van der Waals surface area contributed by atoms with Gasteiger partial charge in [0.25, 0.3) is 0 Å². The Balaban J connectivity index is 2.65. The van der Waals surface area contributed by atoms with E-state index < -0.39 is 0 Å². The van der Waals surface area contributed by atoms with E-state index >= 15 is 0 Å². The summed E-state index contributed by atoms with van der Waals surface area (Å²) in [5.41, 5.74) is 1.03. The van der Waals surface area contributed by atoms with Crippen LogP contribution in [-0.2, 0) is 11.3 Å². The van der Waals surface area contributed by atoms with Crippen molar-refractivity contribution in [1.29, 1.82) is 0 Å². The van der Waals surface area contributed by atoms with Gasteiger partial charge in [-0.3, -0.25) is 4.79 Å². The first-order valence-corrected chi connectivity index (χ1v) is 6.79. The molecular weight excluding hydrogens is 256 g/mol. The van der Waals surface area contributed by atoms with Gasteiger partial charge in [0.05, 0.1) is 20.1 Å². The molecule has 0 spiro atoms. The number of carbonyl (C=O) groups is 1. The summed E-state index contributed by atoms with van der Waals surface area (Å²) in [4.78, 5) is 13.1. The van der Waals surface area contributed by atoms with Crippen LogP contribution < -0.4 is 14.8 Å². The van der Waals surface area contributed by atoms with Crippen LogP contribution in [0.25, 0.3) is 0 Å². The van der Waals surface area contributed by atoms with Crippen molar-refractivity contribution < 1.29 is 14.3 Å². The minimum Gasteiger partial charge on any atom is -0.497 e. The molecule has 0 heterocycles. The third kappa shape index (κ3) is 5.09. The molecule has 112 valence electrons. The van der Waals surface area contributed by atoms with Gasteiger partial charge < -0.3 is 19.7 Å². The molecule has 0 aromatic heterocycles. The lowest BCUT2D eigenvalue weighted by Crippen LogP contribution is -2.23. The summed E-state index contributed by atoms with van der Waals surface area (Å²) >= 11 is 0. The minimum absolute atomic E-state index is 0.0618. The summed E-state index contributed by atoms with van der Waals surface area (Å²) in [6, 6.07) is 5.69. The highest BCUT2D eigenvalue weighted by Gasteiger charge is 2.08. The van der Waals surface area contributed by atoms with Gasteiger partial charge in [0.15, 0.2) is 0 Å². The van der Waals surface area contributed by atoms with E-state index in [9.17, 15) is 4.79 Å². The molecule has 1 amide bonds. The topological polar surface area (TPSA) is 50.8 Å². The van der Waals surface area contributed by atoms with Crippen LogP contribution >= 0.6 is 0 Å². The van der Waals surface area contributed by atoms with Crippen LogP contribution in [0.2, 0.25) is 0 Å². The van der Waals surface area contributed by atoms with Crippen molar-refractivity contribution in [1.82, 2.24) is 10.2 Å². The van der Waals surface area contributed by atoms with Gasteiger partial charge in [-0.25, -0.2) is 0 Å². The van der Waals surface area contributed by atoms with Gasteiger partial charge in [-0.15, -0.1) is 0 Å². The summed E-state index contributed by atoms with van der Waals surface area (Å²) in [6.07, 6.45) is 0.375. The number of nitrogens with one attached hydrogen (secondary N) is 1. The summed E-state index contributed by atoms with van der Waals surface area (Å²) in [5.74, 6) is 1.65. The highest BCUT2D eigenvalue weighted by atomic mass is 16.5. The number of rotatable bonds is 8. The first kappa shape index (κ1) is 16.3. The van der Waals surface area contributed by atoms with E-state index in [0.717, 1.165) is 23.6 Å². The molecule has 0 saturated carbocycles. The van der Waals surface area contributed by atoms with Gasteiger partial charge in [-0.1, -0.05) is 6.92 Å². The third-order valence-corrected chi connectivity index (χ3v) is 2.91. The first-order valence-electron chi connectivity index (χ1n) is 6.79. The number of benzene rings is 1. The number of carbonyl (C=O) groups excluding carboxylic acids is 1. The van der Waals surface area contributed by atoms with Crippen molar-refractivity contribution in [3.05, 3.63) is 23.8 Å². The summed E-state index contributed by atoms with van der Waals surface area (Å²) in [6.45, 7) is 4.03. The lowest BCUT2D eigenvalue weighted by molar-refractivity contribution is -0.129. The summed E-state index contributed by atoms with van der Waals surface area (Å²) < 4.78 is 10.9. The average molecular weight is 280 g/mol. The monoisotopic (exact) mass is 280 g/mol. The van der Waals surface area contributed by atoms with Crippen LogP contribution in [0.1, 0.15) is 18.9 Å². The van der Waals surface area contributed by atoms with E-state index in [4.69, 9.17) is 9.47 Å². The smallest absolute Gasteiger partial charge is 0.225 e. The molecule has 1 aromatic rings. The lowest BCUT2D eigenvalue weighted by atomic mass is 10.2. The van der Waals surface area contributed by atoms with Crippen LogP contribution in [0, 0.1) is 0 Å². The summed E-state index contributed by atoms with van der Waals surface area (Å²) in [5, 5.41) is 3.26. The molecule has 0 saturated heterocycles. The van der Waals surface area contributed by atoms with Gasteiger partial charge in [0.2, 0.25) is 5.91 Å². The number of methoxy groups -OCH3 is 1. The molecule has 5 heteroatoms. The van der Waals surface area contributed by atoms with E-state index in [1.807, 2.05) is 18.2 Å². The molecule has 0 aliphatic rings. The Morgan fingerprint density at radius 2 is 2.10 bits per heavy atom. The Hall–Kier alpha value is -1.75. The van der Waals surface area contributed by atoms with Crippen molar-refractivity contribution >= 4 is 5.91 Å². The van der Waals surface area contributed by atoms with Crippen molar-refractivity contribution in [3.8, 4) is 11.5 Å². The maximum atomic E-state index is 11.5. The highest BCUT2D eigenvalue weighted by molar-refractivity contribution is 5.75.